The van der Waals surface area contributed by atoms with E-state index in [-0.39, 0.29) is 5.91 Å². The van der Waals surface area contributed by atoms with Gasteiger partial charge in [-0.05, 0) is 45.2 Å². The molecule has 2 N–H and O–H groups in total. The third-order valence-corrected chi connectivity index (χ3v) is 3.69. The number of carbonyl (C=O) groups excluding carboxylic acids is 1. The maximum absolute atomic E-state index is 11.9. The summed E-state index contributed by atoms with van der Waals surface area (Å²) in [6.45, 7) is 8.03. The highest BCUT2D eigenvalue weighted by Gasteiger charge is 2.24. The van der Waals surface area contributed by atoms with Gasteiger partial charge in [-0.2, -0.15) is 0 Å². The summed E-state index contributed by atoms with van der Waals surface area (Å²) in [5.74, 6) is -0.0331. The first-order chi connectivity index (χ1) is 8.35. The van der Waals surface area contributed by atoms with Gasteiger partial charge in [-0.3, -0.25) is 4.79 Å². The Labute approximate surface area is 114 Å². The molecule has 0 fully saturated rings. The molecule has 1 amide bonds. The molecule has 0 aliphatic carbocycles. The van der Waals surface area contributed by atoms with E-state index in [9.17, 15) is 4.79 Å². The van der Waals surface area contributed by atoms with Gasteiger partial charge in [0.15, 0.2) is 0 Å². The minimum absolute atomic E-state index is 0.0331. The molecule has 0 saturated heterocycles. The summed E-state index contributed by atoms with van der Waals surface area (Å²) in [5.41, 5.74) is 0.266. The first-order valence-electron chi connectivity index (χ1n) is 6.12. The normalized spacial score (nSPS) is 11.7. The quantitative estimate of drug-likeness (QED) is 0.805. The van der Waals surface area contributed by atoms with Crippen LogP contribution in [0.4, 0.5) is 5.69 Å². The van der Waals surface area contributed by atoms with Crippen LogP contribution in [0, 0.1) is 0 Å². The number of anilines is 1. The number of amides is 1. The van der Waals surface area contributed by atoms with Crippen LogP contribution in [0.2, 0.25) is 0 Å². The monoisotopic (exact) mass is 266 g/mol. The van der Waals surface area contributed by atoms with Gasteiger partial charge in [0, 0.05) is 15.8 Å². The predicted octanol–water partition coefficient (Wildman–Crippen LogP) is 3.12. The van der Waals surface area contributed by atoms with Crippen LogP contribution in [0.15, 0.2) is 29.2 Å². The summed E-state index contributed by atoms with van der Waals surface area (Å²) in [5, 5.41) is 6.45. The molecule has 18 heavy (non-hydrogen) atoms. The van der Waals surface area contributed by atoms with E-state index in [1.165, 1.54) is 4.90 Å². The lowest BCUT2D eigenvalue weighted by atomic mass is 10.1. The van der Waals surface area contributed by atoms with Crippen LogP contribution < -0.4 is 10.6 Å². The minimum atomic E-state index is -0.564. The summed E-state index contributed by atoms with van der Waals surface area (Å²) >= 11 is 1.81. The van der Waals surface area contributed by atoms with Crippen LogP contribution in [0.1, 0.15) is 27.7 Å². The first-order valence-corrected chi connectivity index (χ1v) is 7.00. The summed E-state index contributed by atoms with van der Waals surface area (Å²) in [7, 11) is 1.78. The molecule has 0 aliphatic heterocycles. The number of hydrogen-bond acceptors (Lipinski definition) is 3. The molecule has 0 spiro atoms. The topological polar surface area (TPSA) is 41.1 Å². The van der Waals surface area contributed by atoms with E-state index in [0.717, 1.165) is 5.69 Å². The van der Waals surface area contributed by atoms with Crippen molar-refractivity contribution in [2.24, 2.45) is 0 Å². The van der Waals surface area contributed by atoms with Crippen molar-refractivity contribution in [1.82, 2.24) is 5.32 Å². The highest BCUT2D eigenvalue weighted by Crippen LogP contribution is 2.24. The zero-order valence-electron chi connectivity index (χ0n) is 11.7. The third kappa shape index (κ3) is 4.35. The van der Waals surface area contributed by atoms with E-state index in [0.29, 0.717) is 5.25 Å². The van der Waals surface area contributed by atoms with Crippen LogP contribution in [-0.2, 0) is 4.79 Å². The van der Waals surface area contributed by atoms with Crippen LogP contribution >= 0.6 is 11.8 Å². The standard InChI is InChI=1S/C14H22N2OS/c1-10(2)18-12-8-6-11(7-9-12)16-13(17)14(3,4)15-5/h6-10,15H,1-5H3,(H,16,17). The van der Waals surface area contributed by atoms with Gasteiger partial charge in [-0.1, -0.05) is 13.8 Å². The second-order valence-corrected chi connectivity index (χ2v) is 6.67. The molecule has 0 atom stereocenters. The van der Waals surface area contributed by atoms with Crippen molar-refractivity contribution in [2.75, 3.05) is 12.4 Å². The average Bonchev–Trinajstić information content (AvgIpc) is 2.31. The number of nitrogens with one attached hydrogen (secondary N) is 2. The summed E-state index contributed by atoms with van der Waals surface area (Å²) in [6, 6.07) is 7.95. The average molecular weight is 266 g/mol. The number of likely N-dealkylation sites (N-methyl/N-ethyl adjacent to an activating group) is 1. The van der Waals surface area contributed by atoms with Gasteiger partial charge in [0.05, 0.1) is 5.54 Å². The zero-order chi connectivity index (χ0) is 13.8. The van der Waals surface area contributed by atoms with Crippen LogP contribution in [0.5, 0.6) is 0 Å². The number of thioether (sulfide) groups is 1. The molecule has 1 aromatic rings. The molecule has 0 aromatic heterocycles. The molecule has 0 heterocycles. The highest BCUT2D eigenvalue weighted by molar-refractivity contribution is 7.99. The summed E-state index contributed by atoms with van der Waals surface area (Å²) in [6.07, 6.45) is 0. The Balaban J connectivity index is 2.67. The van der Waals surface area contributed by atoms with Crippen molar-refractivity contribution < 1.29 is 4.79 Å². The second kappa shape index (κ2) is 6.25. The van der Waals surface area contributed by atoms with Crippen LogP contribution in [0.25, 0.3) is 0 Å². The lowest BCUT2D eigenvalue weighted by molar-refractivity contribution is -0.121. The Kier molecular flexibility index (Phi) is 5.23. The fourth-order valence-corrected chi connectivity index (χ4v) is 2.13. The van der Waals surface area contributed by atoms with E-state index in [2.05, 4.69) is 24.5 Å². The molecule has 1 aromatic carbocycles. The molecule has 3 nitrogen and oxygen atoms in total. The number of benzene rings is 1. The Morgan fingerprint density at radius 2 is 1.78 bits per heavy atom. The molecule has 4 heteroatoms. The molecular weight excluding hydrogens is 244 g/mol. The molecule has 0 radical (unpaired) electrons. The molecular formula is C14H22N2OS. The van der Waals surface area contributed by atoms with Gasteiger partial charge in [0.2, 0.25) is 5.91 Å². The van der Waals surface area contributed by atoms with E-state index >= 15 is 0 Å². The molecule has 1 rings (SSSR count). The van der Waals surface area contributed by atoms with E-state index in [1.54, 1.807) is 7.05 Å². The van der Waals surface area contributed by atoms with Gasteiger partial charge in [0.25, 0.3) is 0 Å². The highest BCUT2D eigenvalue weighted by atomic mass is 32.2. The Bertz CT molecular complexity index is 399. The fourth-order valence-electron chi connectivity index (χ4n) is 1.29. The summed E-state index contributed by atoms with van der Waals surface area (Å²) in [4.78, 5) is 13.2. The molecule has 100 valence electrons. The smallest absolute Gasteiger partial charge is 0.244 e. The number of carbonyl (C=O) groups is 1. The van der Waals surface area contributed by atoms with E-state index in [4.69, 9.17) is 0 Å². The maximum Gasteiger partial charge on any atom is 0.244 e. The third-order valence-electron chi connectivity index (χ3n) is 2.68. The molecule has 0 bridgehead atoms. The van der Waals surface area contributed by atoms with Crippen molar-refractivity contribution in [3.8, 4) is 0 Å². The molecule has 0 saturated carbocycles. The Hall–Kier alpha value is -1.00. The number of rotatable bonds is 5. The number of hydrogen-bond donors (Lipinski definition) is 2. The largest absolute Gasteiger partial charge is 0.325 e. The van der Waals surface area contributed by atoms with Crippen molar-refractivity contribution in [1.29, 1.82) is 0 Å². The lowest BCUT2D eigenvalue weighted by Gasteiger charge is -2.22. The van der Waals surface area contributed by atoms with Crippen molar-refractivity contribution in [3.05, 3.63) is 24.3 Å². The van der Waals surface area contributed by atoms with E-state index in [1.807, 2.05) is 49.9 Å². The van der Waals surface area contributed by atoms with Crippen molar-refractivity contribution >= 4 is 23.4 Å². The van der Waals surface area contributed by atoms with Crippen LogP contribution in [-0.4, -0.2) is 23.7 Å². The van der Waals surface area contributed by atoms with Crippen LogP contribution in [0.3, 0.4) is 0 Å². The second-order valence-electron chi connectivity index (χ2n) is 5.02. The van der Waals surface area contributed by atoms with Gasteiger partial charge in [-0.15, -0.1) is 11.8 Å². The van der Waals surface area contributed by atoms with Crippen molar-refractivity contribution in [3.63, 3.8) is 0 Å². The maximum atomic E-state index is 11.9. The Morgan fingerprint density at radius 3 is 2.22 bits per heavy atom. The van der Waals surface area contributed by atoms with Gasteiger partial charge in [0.1, 0.15) is 0 Å². The lowest BCUT2D eigenvalue weighted by Crippen LogP contribution is -2.47. The SMILES string of the molecule is CNC(C)(C)C(=O)Nc1ccc(SC(C)C)cc1. The Morgan fingerprint density at radius 1 is 1.22 bits per heavy atom. The van der Waals surface area contributed by atoms with E-state index < -0.39 is 5.54 Å². The fraction of sp³-hybridized carbons (Fsp3) is 0.500. The van der Waals surface area contributed by atoms with Gasteiger partial charge in [-0.25, -0.2) is 0 Å². The van der Waals surface area contributed by atoms with Crippen molar-refractivity contribution in [2.45, 2.75) is 43.4 Å². The predicted molar refractivity (Wildman–Crippen MR) is 79.2 cm³/mol. The minimum Gasteiger partial charge on any atom is -0.325 e. The molecule has 0 aliphatic rings. The molecule has 0 unspecified atom stereocenters. The van der Waals surface area contributed by atoms with Gasteiger partial charge >= 0.3 is 0 Å². The zero-order valence-corrected chi connectivity index (χ0v) is 12.5. The summed E-state index contributed by atoms with van der Waals surface area (Å²) < 4.78 is 0. The van der Waals surface area contributed by atoms with Gasteiger partial charge < -0.3 is 10.6 Å². The first kappa shape index (κ1) is 15.1.